The maximum absolute atomic E-state index is 9.79. The number of aliphatic hydroxyl groups excluding tert-OH is 1. The second kappa shape index (κ2) is 5.26. The molecule has 0 heterocycles. The average Bonchev–Trinajstić information content (AvgIpc) is 2.27. The zero-order chi connectivity index (χ0) is 11.5. The van der Waals surface area contributed by atoms with Crippen molar-refractivity contribution in [1.29, 1.82) is 0 Å². The molecule has 0 bridgehead atoms. The molecule has 4 heteroatoms. The molecule has 0 amide bonds. The number of ether oxygens (including phenoxy) is 1. The van der Waals surface area contributed by atoms with Crippen LogP contribution in [0.4, 0.5) is 0 Å². The summed E-state index contributed by atoms with van der Waals surface area (Å²) < 4.78 is 5.71. The van der Waals surface area contributed by atoms with Crippen LogP contribution in [-0.2, 0) is 0 Å². The van der Waals surface area contributed by atoms with E-state index in [1.165, 1.54) is 0 Å². The molecule has 88 valence electrons. The lowest BCUT2D eigenvalue weighted by atomic mass is 9.95. The first-order valence-corrected chi connectivity index (χ1v) is 6.22. The Hall–Kier alpha value is -0.440. The summed E-state index contributed by atoms with van der Waals surface area (Å²) >= 11 is 11.9. The summed E-state index contributed by atoms with van der Waals surface area (Å²) in [5, 5.41) is 10.9. The molecule has 0 radical (unpaired) electrons. The largest absolute Gasteiger partial charge is 0.486 e. The van der Waals surface area contributed by atoms with Crippen molar-refractivity contribution in [1.82, 2.24) is 0 Å². The van der Waals surface area contributed by atoms with Gasteiger partial charge in [0.25, 0.3) is 0 Å². The van der Waals surface area contributed by atoms with E-state index in [1.54, 1.807) is 18.2 Å². The minimum atomic E-state index is -0.399. The van der Waals surface area contributed by atoms with E-state index < -0.39 is 6.10 Å². The molecule has 0 spiro atoms. The quantitative estimate of drug-likeness (QED) is 0.880. The molecule has 1 aliphatic carbocycles. The van der Waals surface area contributed by atoms with Crippen LogP contribution >= 0.6 is 23.2 Å². The maximum Gasteiger partial charge on any atom is 0.139 e. The van der Waals surface area contributed by atoms with Gasteiger partial charge in [-0.25, -0.2) is 0 Å². The van der Waals surface area contributed by atoms with E-state index in [1.807, 2.05) is 0 Å². The third-order valence-electron chi connectivity index (χ3n) is 2.84. The molecule has 0 saturated heterocycles. The summed E-state index contributed by atoms with van der Waals surface area (Å²) in [6.07, 6.45) is 3.24. The molecule has 2 atom stereocenters. The Labute approximate surface area is 105 Å². The topological polar surface area (TPSA) is 29.5 Å². The number of benzene rings is 1. The standard InChI is InChI=1S/C12H14Cl2O2/c13-8-5-6-9(14)12(7-8)16-11-4-2-1-3-10(11)15/h5-7,10-11,15H,1-4H2/t10-,11-/m1/s1. The third kappa shape index (κ3) is 2.82. The van der Waals surface area contributed by atoms with Gasteiger partial charge in [-0.1, -0.05) is 29.6 Å². The normalized spacial score (nSPS) is 25.4. The van der Waals surface area contributed by atoms with Gasteiger partial charge in [0.05, 0.1) is 11.1 Å². The molecule has 1 aliphatic rings. The fourth-order valence-corrected chi connectivity index (χ4v) is 2.27. The number of aliphatic hydroxyl groups is 1. The maximum atomic E-state index is 9.79. The fourth-order valence-electron chi connectivity index (χ4n) is 1.95. The van der Waals surface area contributed by atoms with Crippen molar-refractivity contribution in [2.75, 3.05) is 0 Å². The Kier molecular flexibility index (Phi) is 3.95. The highest BCUT2D eigenvalue weighted by molar-refractivity contribution is 6.34. The van der Waals surface area contributed by atoms with Crippen molar-refractivity contribution in [2.45, 2.75) is 37.9 Å². The van der Waals surface area contributed by atoms with Gasteiger partial charge in [-0.3, -0.25) is 0 Å². The number of halogens is 2. The van der Waals surface area contributed by atoms with E-state index in [0.29, 0.717) is 15.8 Å². The zero-order valence-corrected chi connectivity index (χ0v) is 10.3. The Balaban J connectivity index is 2.10. The molecule has 16 heavy (non-hydrogen) atoms. The monoisotopic (exact) mass is 260 g/mol. The Morgan fingerprint density at radius 2 is 1.94 bits per heavy atom. The van der Waals surface area contributed by atoms with Gasteiger partial charge in [-0.15, -0.1) is 0 Å². The second-order valence-electron chi connectivity index (χ2n) is 4.08. The smallest absolute Gasteiger partial charge is 0.139 e. The van der Waals surface area contributed by atoms with Gasteiger partial charge in [-0.05, 0) is 31.4 Å². The van der Waals surface area contributed by atoms with Crippen LogP contribution in [0, 0.1) is 0 Å². The minimum Gasteiger partial charge on any atom is -0.486 e. The molecular formula is C12H14Cl2O2. The third-order valence-corrected chi connectivity index (χ3v) is 3.39. The van der Waals surface area contributed by atoms with Crippen molar-refractivity contribution >= 4 is 23.2 Å². The predicted octanol–water partition coefficient (Wildman–Crippen LogP) is 3.68. The van der Waals surface area contributed by atoms with E-state index >= 15 is 0 Å². The molecule has 1 aromatic carbocycles. The zero-order valence-electron chi connectivity index (χ0n) is 8.83. The van der Waals surface area contributed by atoms with E-state index in [2.05, 4.69) is 0 Å². The van der Waals surface area contributed by atoms with Crippen molar-refractivity contribution in [3.05, 3.63) is 28.2 Å². The highest BCUT2D eigenvalue weighted by atomic mass is 35.5. The van der Waals surface area contributed by atoms with Crippen LogP contribution in [0.25, 0.3) is 0 Å². The van der Waals surface area contributed by atoms with E-state index in [0.717, 1.165) is 25.7 Å². The van der Waals surface area contributed by atoms with Crippen molar-refractivity contribution in [3.8, 4) is 5.75 Å². The van der Waals surface area contributed by atoms with Crippen LogP contribution in [0.2, 0.25) is 10.0 Å². The molecule has 0 aliphatic heterocycles. The summed E-state index contributed by atoms with van der Waals surface area (Å²) in [5.74, 6) is 0.556. The SMILES string of the molecule is O[C@@H]1CCCC[C@H]1Oc1cc(Cl)ccc1Cl. The molecular weight excluding hydrogens is 247 g/mol. The van der Waals surface area contributed by atoms with Crippen LogP contribution in [0.5, 0.6) is 5.75 Å². The van der Waals surface area contributed by atoms with E-state index in [-0.39, 0.29) is 6.10 Å². The Morgan fingerprint density at radius 1 is 1.19 bits per heavy atom. The molecule has 2 rings (SSSR count). The van der Waals surface area contributed by atoms with Crippen LogP contribution in [0.3, 0.4) is 0 Å². The Bertz CT molecular complexity index is 368. The molecule has 0 unspecified atom stereocenters. The van der Waals surface area contributed by atoms with Crippen molar-refractivity contribution in [2.24, 2.45) is 0 Å². The van der Waals surface area contributed by atoms with Gasteiger partial charge in [0.2, 0.25) is 0 Å². The minimum absolute atomic E-state index is 0.162. The lowest BCUT2D eigenvalue weighted by Crippen LogP contribution is -2.34. The van der Waals surface area contributed by atoms with Gasteiger partial charge in [-0.2, -0.15) is 0 Å². The lowest BCUT2D eigenvalue weighted by molar-refractivity contribution is 0.00693. The summed E-state index contributed by atoms with van der Waals surface area (Å²) in [5.41, 5.74) is 0. The molecule has 0 aromatic heterocycles. The highest BCUT2D eigenvalue weighted by Crippen LogP contribution is 2.31. The molecule has 2 nitrogen and oxygen atoms in total. The Morgan fingerprint density at radius 3 is 2.69 bits per heavy atom. The number of hydrogen-bond acceptors (Lipinski definition) is 2. The average molecular weight is 261 g/mol. The van der Waals surface area contributed by atoms with Gasteiger partial charge in [0.1, 0.15) is 11.9 Å². The molecule has 1 fully saturated rings. The number of hydrogen-bond donors (Lipinski definition) is 1. The molecule has 1 saturated carbocycles. The van der Waals surface area contributed by atoms with Crippen LogP contribution in [0.15, 0.2) is 18.2 Å². The summed E-state index contributed by atoms with van der Waals surface area (Å²) in [6.45, 7) is 0. The second-order valence-corrected chi connectivity index (χ2v) is 4.93. The van der Waals surface area contributed by atoms with Gasteiger partial charge in [0.15, 0.2) is 0 Å². The van der Waals surface area contributed by atoms with E-state index in [9.17, 15) is 5.11 Å². The summed E-state index contributed by atoms with van der Waals surface area (Å²) in [6, 6.07) is 5.10. The molecule has 1 N–H and O–H groups in total. The molecule has 1 aromatic rings. The predicted molar refractivity (Wildman–Crippen MR) is 65.4 cm³/mol. The van der Waals surface area contributed by atoms with Crippen molar-refractivity contribution in [3.63, 3.8) is 0 Å². The lowest BCUT2D eigenvalue weighted by Gasteiger charge is -2.28. The van der Waals surface area contributed by atoms with Crippen LogP contribution < -0.4 is 4.74 Å². The van der Waals surface area contributed by atoms with Gasteiger partial charge >= 0.3 is 0 Å². The first-order chi connectivity index (χ1) is 7.66. The first-order valence-electron chi connectivity index (χ1n) is 5.46. The highest BCUT2D eigenvalue weighted by Gasteiger charge is 2.25. The van der Waals surface area contributed by atoms with E-state index in [4.69, 9.17) is 27.9 Å². The van der Waals surface area contributed by atoms with Gasteiger partial charge in [0, 0.05) is 11.1 Å². The number of rotatable bonds is 2. The van der Waals surface area contributed by atoms with Crippen molar-refractivity contribution < 1.29 is 9.84 Å². The van der Waals surface area contributed by atoms with Crippen LogP contribution in [0.1, 0.15) is 25.7 Å². The van der Waals surface area contributed by atoms with Gasteiger partial charge < -0.3 is 9.84 Å². The fraction of sp³-hybridized carbons (Fsp3) is 0.500. The summed E-state index contributed by atoms with van der Waals surface area (Å²) in [4.78, 5) is 0. The van der Waals surface area contributed by atoms with Crippen LogP contribution in [-0.4, -0.2) is 17.3 Å². The summed E-state index contributed by atoms with van der Waals surface area (Å²) in [7, 11) is 0. The first kappa shape index (κ1) is 12.0.